The molecule has 0 unspecified atom stereocenters. The van der Waals surface area contributed by atoms with Crippen molar-refractivity contribution >= 4 is 11.9 Å². The fourth-order valence-electron chi connectivity index (χ4n) is 1.10. The van der Waals surface area contributed by atoms with E-state index in [-0.39, 0.29) is 11.4 Å². The predicted octanol–water partition coefficient (Wildman–Crippen LogP) is 3.37. The summed E-state index contributed by atoms with van der Waals surface area (Å²) in [5.74, 6) is -0.184. The van der Waals surface area contributed by atoms with E-state index in [2.05, 4.69) is 10.3 Å². The maximum atomic E-state index is 12.6. The van der Waals surface area contributed by atoms with Gasteiger partial charge in [-0.2, -0.15) is 0 Å². The van der Waals surface area contributed by atoms with Crippen molar-refractivity contribution in [1.29, 1.82) is 0 Å². The van der Waals surface area contributed by atoms with Crippen LogP contribution in [0.4, 0.5) is 19.4 Å². The maximum Gasteiger partial charge on any atom is 0.413 e. The Balaban J connectivity index is 2.78. The average molecular weight is 244 g/mol. The zero-order valence-corrected chi connectivity index (χ0v) is 9.83. The molecule has 0 atom stereocenters. The molecule has 6 heteroatoms. The van der Waals surface area contributed by atoms with Gasteiger partial charge in [0.15, 0.2) is 0 Å². The van der Waals surface area contributed by atoms with Gasteiger partial charge >= 0.3 is 6.09 Å². The zero-order chi connectivity index (χ0) is 13.1. The van der Waals surface area contributed by atoms with Gasteiger partial charge in [-0.15, -0.1) is 0 Å². The number of nitrogens with zero attached hydrogens (tertiary/aromatic N) is 1. The first kappa shape index (κ1) is 13.3. The third-order valence-corrected chi connectivity index (χ3v) is 1.69. The van der Waals surface area contributed by atoms with Gasteiger partial charge in [-0.05, 0) is 32.9 Å². The van der Waals surface area contributed by atoms with E-state index in [9.17, 15) is 13.6 Å². The first-order valence-electron chi connectivity index (χ1n) is 5.02. The van der Waals surface area contributed by atoms with Crippen molar-refractivity contribution in [1.82, 2.24) is 4.98 Å². The van der Waals surface area contributed by atoms with Crippen LogP contribution in [0.15, 0.2) is 18.3 Å². The predicted molar refractivity (Wildman–Crippen MR) is 59.1 cm³/mol. The van der Waals surface area contributed by atoms with E-state index in [1.54, 1.807) is 20.8 Å². The second-order valence-corrected chi connectivity index (χ2v) is 4.37. The van der Waals surface area contributed by atoms with Crippen molar-refractivity contribution in [2.45, 2.75) is 32.8 Å². The third kappa shape index (κ3) is 4.34. The largest absolute Gasteiger partial charge is 0.444 e. The normalized spacial score (nSPS) is 11.4. The standard InChI is InChI=1S/C11H14F2N2O2/c1-11(2,3)17-10(16)15-9-7(8(12)13)5-4-6-14-9/h4-6,8H,1-3H3,(H,14,15,16). The second kappa shape index (κ2) is 5.07. The van der Waals surface area contributed by atoms with E-state index < -0.39 is 18.1 Å². The van der Waals surface area contributed by atoms with Gasteiger partial charge in [0, 0.05) is 6.20 Å². The Morgan fingerprint density at radius 3 is 2.65 bits per heavy atom. The molecular formula is C11H14F2N2O2. The van der Waals surface area contributed by atoms with Crippen molar-refractivity contribution in [3.05, 3.63) is 23.9 Å². The molecule has 1 N–H and O–H groups in total. The lowest BCUT2D eigenvalue weighted by molar-refractivity contribution is 0.0634. The number of aromatic nitrogens is 1. The van der Waals surface area contributed by atoms with E-state index in [0.717, 1.165) is 0 Å². The molecule has 94 valence electrons. The summed E-state index contributed by atoms with van der Waals surface area (Å²) >= 11 is 0. The molecule has 0 radical (unpaired) electrons. The van der Waals surface area contributed by atoms with Gasteiger partial charge in [-0.1, -0.05) is 0 Å². The minimum atomic E-state index is -2.70. The van der Waals surface area contributed by atoms with Crippen LogP contribution in [0, 0.1) is 0 Å². The Kier molecular flexibility index (Phi) is 3.98. The number of nitrogens with one attached hydrogen (secondary N) is 1. The number of amides is 1. The summed E-state index contributed by atoms with van der Waals surface area (Å²) in [7, 11) is 0. The van der Waals surface area contributed by atoms with Crippen LogP contribution in [0.25, 0.3) is 0 Å². The highest BCUT2D eigenvalue weighted by atomic mass is 19.3. The molecule has 4 nitrogen and oxygen atoms in total. The number of alkyl halides is 2. The monoisotopic (exact) mass is 244 g/mol. The van der Waals surface area contributed by atoms with Gasteiger partial charge in [0.05, 0.1) is 5.56 Å². The highest BCUT2D eigenvalue weighted by Crippen LogP contribution is 2.24. The van der Waals surface area contributed by atoms with Crippen molar-refractivity contribution < 1.29 is 18.3 Å². The Labute approximate surface area is 98.0 Å². The van der Waals surface area contributed by atoms with Crippen LogP contribution < -0.4 is 5.32 Å². The smallest absolute Gasteiger partial charge is 0.413 e. The van der Waals surface area contributed by atoms with Crippen LogP contribution in [-0.2, 0) is 4.74 Å². The van der Waals surface area contributed by atoms with Crippen LogP contribution in [0.5, 0.6) is 0 Å². The number of hydrogen-bond acceptors (Lipinski definition) is 3. The summed E-state index contributed by atoms with van der Waals surface area (Å²) in [6.07, 6.45) is -2.19. The third-order valence-electron chi connectivity index (χ3n) is 1.69. The van der Waals surface area contributed by atoms with Gasteiger partial charge in [0.2, 0.25) is 0 Å². The average Bonchev–Trinajstić information content (AvgIpc) is 2.14. The van der Waals surface area contributed by atoms with Crippen molar-refractivity contribution in [3.8, 4) is 0 Å². The summed E-state index contributed by atoms with van der Waals surface area (Å²) in [5.41, 5.74) is -1.03. The molecular weight excluding hydrogens is 230 g/mol. The summed E-state index contributed by atoms with van der Waals surface area (Å²) in [6.45, 7) is 5.04. The summed E-state index contributed by atoms with van der Waals surface area (Å²) in [4.78, 5) is 15.1. The van der Waals surface area contributed by atoms with Gasteiger partial charge in [0.1, 0.15) is 11.4 Å². The molecule has 0 saturated carbocycles. The lowest BCUT2D eigenvalue weighted by Crippen LogP contribution is -2.27. The van der Waals surface area contributed by atoms with Crippen LogP contribution in [0.2, 0.25) is 0 Å². The molecule has 0 aromatic carbocycles. The molecule has 0 aliphatic rings. The Bertz CT molecular complexity index is 403. The van der Waals surface area contributed by atoms with E-state index in [0.29, 0.717) is 0 Å². The number of rotatable bonds is 2. The first-order chi connectivity index (χ1) is 7.79. The second-order valence-electron chi connectivity index (χ2n) is 4.37. The number of hydrogen-bond donors (Lipinski definition) is 1. The molecule has 0 aliphatic carbocycles. The molecule has 1 aromatic rings. The molecule has 1 aromatic heterocycles. The molecule has 0 bridgehead atoms. The van der Waals surface area contributed by atoms with Gasteiger partial charge in [-0.25, -0.2) is 18.6 Å². The highest BCUT2D eigenvalue weighted by molar-refractivity contribution is 5.84. The summed E-state index contributed by atoms with van der Waals surface area (Å²) in [6, 6.07) is 2.58. The first-order valence-corrected chi connectivity index (χ1v) is 5.02. The van der Waals surface area contributed by atoms with E-state index in [4.69, 9.17) is 4.74 Å². The van der Waals surface area contributed by atoms with Crippen molar-refractivity contribution in [2.75, 3.05) is 5.32 Å². The molecule has 0 aliphatic heterocycles. The van der Waals surface area contributed by atoms with Crippen LogP contribution in [-0.4, -0.2) is 16.7 Å². The highest BCUT2D eigenvalue weighted by Gasteiger charge is 2.19. The van der Waals surface area contributed by atoms with Crippen LogP contribution in [0.1, 0.15) is 32.8 Å². The van der Waals surface area contributed by atoms with Crippen LogP contribution >= 0.6 is 0 Å². The number of anilines is 1. The lowest BCUT2D eigenvalue weighted by atomic mass is 10.2. The number of carbonyl (C=O) groups is 1. The molecule has 1 rings (SSSR count). The zero-order valence-electron chi connectivity index (χ0n) is 9.83. The van der Waals surface area contributed by atoms with E-state index in [1.807, 2.05) is 0 Å². The molecule has 1 amide bonds. The number of carbonyl (C=O) groups excluding carboxylic acids is 1. The SMILES string of the molecule is CC(C)(C)OC(=O)Nc1ncccc1C(F)F. The molecule has 0 fully saturated rings. The van der Waals surface area contributed by atoms with Gasteiger partial charge < -0.3 is 4.74 Å². The quantitative estimate of drug-likeness (QED) is 0.867. The molecule has 0 spiro atoms. The Hall–Kier alpha value is -1.72. The number of halogens is 2. The van der Waals surface area contributed by atoms with Gasteiger partial charge in [0.25, 0.3) is 6.43 Å². The topological polar surface area (TPSA) is 51.2 Å². The number of ether oxygens (including phenoxy) is 1. The summed E-state index contributed by atoms with van der Waals surface area (Å²) in [5, 5.41) is 2.20. The summed E-state index contributed by atoms with van der Waals surface area (Å²) < 4.78 is 30.1. The van der Waals surface area contributed by atoms with E-state index >= 15 is 0 Å². The lowest BCUT2D eigenvalue weighted by Gasteiger charge is -2.19. The Morgan fingerprint density at radius 2 is 2.12 bits per heavy atom. The fraction of sp³-hybridized carbons (Fsp3) is 0.455. The van der Waals surface area contributed by atoms with E-state index in [1.165, 1.54) is 18.3 Å². The number of pyridine rings is 1. The van der Waals surface area contributed by atoms with Crippen molar-refractivity contribution in [3.63, 3.8) is 0 Å². The fourth-order valence-corrected chi connectivity index (χ4v) is 1.10. The molecule has 17 heavy (non-hydrogen) atoms. The van der Waals surface area contributed by atoms with Crippen LogP contribution in [0.3, 0.4) is 0 Å². The van der Waals surface area contributed by atoms with Crippen molar-refractivity contribution in [2.24, 2.45) is 0 Å². The minimum Gasteiger partial charge on any atom is -0.444 e. The minimum absolute atomic E-state index is 0.184. The molecule has 0 saturated heterocycles. The molecule has 1 heterocycles. The Morgan fingerprint density at radius 1 is 1.47 bits per heavy atom. The van der Waals surface area contributed by atoms with Gasteiger partial charge in [-0.3, -0.25) is 5.32 Å². The maximum absolute atomic E-state index is 12.6.